The van der Waals surface area contributed by atoms with Crippen molar-refractivity contribution in [3.05, 3.63) is 48.6 Å². The number of phosphoric acid groups is 1. The van der Waals surface area contributed by atoms with E-state index in [-0.39, 0.29) is 19.4 Å². The van der Waals surface area contributed by atoms with Gasteiger partial charge in [0, 0.05) is 20.0 Å². The molecule has 0 saturated heterocycles. The summed E-state index contributed by atoms with van der Waals surface area (Å²) < 4.78 is 31.7. The van der Waals surface area contributed by atoms with Gasteiger partial charge < -0.3 is 14.4 Å². The van der Waals surface area contributed by atoms with Crippen molar-refractivity contribution in [1.82, 2.24) is 0 Å². The Labute approximate surface area is 261 Å². The summed E-state index contributed by atoms with van der Waals surface area (Å²) in [5, 5.41) is 0. The maximum Gasteiger partial charge on any atom is 0.472 e. The molecule has 2 unspecified atom stereocenters. The summed E-state index contributed by atoms with van der Waals surface area (Å²) in [6.07, 6.45) is 33.1. The topological polar surface area (TPSA) is 108 Å². The summed E-state index contributed by atoms with van der Waals surface area (Å²) in [6.45, 7) is 3.66. The van der Waals surface area contributed by atoms with Gasteiger partial charge in [-0.25, -0.2) is 4.57 Å². The number of unbranched alkanes of at least 4 members (excludes halogenated alkanes) is 10. The fourth-order valence-electron chi connectivity index (χ4n) is 4.00. The van der Waals surface area contributed by atoms with Crippen molar-refractivity contribution in [2.75, 3.05) is 20.3 Å². The molecule has 2 atom stereocenters. The summed E-state index contributed by atoms with van der Waals surface area (Å²) >= 11 is 0. The fourth-order valence-corrected chi connectivity index (χ4v) is 4.46. The van der Waals surface area contributed by atoms with Crippen molar-refractivity contribution in [2.45, 2.75) is 136 Å². The van der Waals surface area contributed by atoms with Gasteiger partial charge >= 0.3 is 19.8 Å². The Morgan fingerprint density at radius 1 is 0.674 bits per heavy atom. The molecular formula is C34H59O8P. The second kappa shape index (κ2) is 30.1. The van der Waals surface area contributed by atoms with E-state index in [1.165, 1.54) is 12.8 Å². The second-order valence-electron chi connectivity index (χ2n) is 10.6. The molecule has 0 rings (SSSR count). The number of carbonyl (C=O) groups excluding carboxylic acids is 2. The third-order valence-electron chi connectivity index (χ3n) is 6.56. The zero-order valence-corrected chi connectivity index (χ0v) is 28.0. The van der Waals surface area contributed by atoms with Crippen LogP contribution in [0.25, 0.3) is 0 Å². The van der Waals surface area contributed by atoms with Crippen molar-refractivity contribution < 1.29 is 37.6 Å². The predicted molar refractivity (Wildman–Crippen MR) is 175 cm³/mol. The van der Waals surface area contributed by atoms with Crippen LogP contribution in [-0.4, -0.2) is 43.3 Å². The number of carbonyl (C=O) groups is 2. The van der Waals surface area contributed by atoms with Gasteiger partial charge in [0.15, 0.2) is 6.10 Å². The zero-order valence-electron chi connectivity index (χ0n) is 27.1. The Kier molecular flexibility index (Phi) is 28.7. The van der Waals surface area contributed by atoms with Gasteiger partial charge in [-0.15, -0.1) is 0 Å². The average molecular weight is 627 g/mol. The maximum atomic E-state index is 12.4. The minimum Gasteiger partial charge on any atom is -0.462 e. The number of allylic oxidation sites excluding steroid dienone is 8. The summed E-state index contributed by atoms with van der Waals surface area (Å²) in [7, 11) is -3.21. The van der Waals surface area contributed by atoms with Crippen LogP contribution in [0.4, 0.5) is 0 Å². The normalized spacial score (nSPS) is 14.2. The summed E-state index contributed by atoms with van der Waals surface area (Å²) in [6, 6.07) is 0. The highest BCUT2D eigenvalue weighted by Crippen LogP contribution is 2.42. The largest absolute Gasteiger partial charge is 0.472 e. The smallest absolute Gasteiger partial charge is 0.462 e. The quantitative estimate of drug-likeness (QED) is 0.0378. The van der Waals surface area contributed by atoms with Crippen molar-refractivity contribution in [3.8, 4) is 0 Å². The summed E-state index contributed by atoms with van der Waals surface area (Å²) in [5.74, 6) is -0.858. The molecular weight excluding hydrogens is 567 g/mol. The highest BCUT2D eigenvalue weighted by Gasteiger charge is 2.24. The first kappa shape index (κ1) is 41.0. The third-order valence-corrected chi connectivity index (χ3v) is 7.49. The molecule has 0 aliphatic carbocycles. The summed E-state index contributed by atoms with van der Waals surface area (Å²) in [5.41, 5.74) is 0. The lowest BCUT2D eigenvalue weighted by atomic mass is 10.1. The molecule has 0 aliphatic heterocycles. The summed E-state index contributed by atoms with van der Waals surface area (Å²) in [4.78, 5) is 34.1. The van der Waals surface area contributed by atoms with E-state index in [4.69, 9.17) is 14.0 Å². The van der Waals surface area contributed by atoms with Crippen LogP contribution in [0.2, 0.25) is 0 Å². The van der Waals surface area contributed by atoms with Crippen LogP contribution in [0.5, 0.6) is 0 Å². The monoisotopic (exact) mass is 626 g/mol. The van der Waals surface area contributed by atoms with Crippen molar-refractivity contribution in [1.29, 1.82) is 0 Å². The van der Waals surface area contributed by atoms with Gasteiger partial charge in [-0.05, 0) is 64.2 Å². The van der Waals surface area contributed by atoms with Gasteiger partial charge in [0.25, 0.3) is 0 Å². The Morgan fingerprint density at radius 3 is 1.81 bits per heavy atom. The molecule has 0 aromatic heterocycles. The van der Waals surface area contributed by atoms with Gasteiger partial charge in [0.1, 0.15) is 6.61 Å². The Bertz CT molecular complexity index is 849. The number of phosphoric ester groups is 1. The first-order chi connectivity index (χ1) is 20.8. The van der Waals surface area contributed by atoms with E-state index in [9.17, 15) is 19.0 Å². The standard InChI is InChI=1S/C34H59O8P/c1-4-6-8-10-12-14-16-17-19-21-23-25-27-29-34(36)42-32(31-41-43(37,38)39-3)30-40-33(35)28-26-24-22-20-18-15-13-11-9-7-5-2/h6,8,11-14,17,19,32H,4-5,7,9-10,15-16,18,20-31H2,1-3H3,(H,37,38)/b8-6-,13-11-,14-12-,19-17-. The Hall–Kier alpha value is -1.99. The Balaban J connectivity index is 4.22. The highest BCUT2D eigenvalue weighted by atomic mass is 31.2. The van der Waals surface area contributed by atoms with E-state index in [1.807, 2.05) is 0 Å². The van der Waals surface area contributed by atoms with E-state index in [0.29, 0.717) is 6.42 Å². The number of esters is 2. The molecule has 0 aromatic rings. The lowest BCUT2D eigenvalue weighted by molar-refractivity contribution is -0.161. The van der Waals surface area contributed by atoms with Crippen LogP contribution < -0.4 is 0 Å². The van der Waals surface area contributed by atoms with E-state index in [1.54, 1.807) is 0 Å². The fraction of sp³-hybridized carbons (Fsp3) is 0.706. The van der Waals surface area contributed by atoms with Crippen LogP contribution in [-0.2, 0) is 32.7 Å². The third kappa shape index (κ3) is 29.8. The number of ether oxygens (including phenoxy) is 2. The van der Waals surface area contributed by atoms with Gasteiger partial charge in [-0.1, -0.05) is 101 Å². The van der Waals surface area contributed by atoms with Crippen molar-refractivity contribution in [2.24, 2.45) is 0 Å². The average Bonchev–Trinajstić information content (AvgIpc) is 2.99. The molecule has 0 aromatic carbocycles. The first-order valence-corrected chi connectivity index (χ1v) is 17.8. The molecule has 0 fully saturated rings. The molecule has 0 bridgehead atoms. The molecule has 0 radical (unpaired) electrons. The van der Waals surface area contributed by atoms with Gasteiger partial charge in [0.05, 0.1) is 6.61 Å². The molecule has 0 spiro atoms. The lowest BCUT2D eigenvalue weighted by Crippen LogP contribution is -2.29. The van der Waals surface area contributed by atoms with Crippen LogP contribution in [0, 0.1) is 0 Å². The van der Waals surface area contributed by atoms with Crippen molar-refractivity contribution in [3.63, 3.8) is 0 Å². The molecule has 43 heavy (non-hydrogen) atoms. The molecule has 0 heterocycles. The molecule has 1 N–H and O–H groups in total. The van der Waals surface area contributed by atoms with E-state index in [2.05, 4.69) is 67.0 Å². The zero-order chi connectivity index (χ0) is 31.9. The van der Waals surface area contributed by atoms with Crippen LogP contribution in [0.1, 0.15) is 129 Å². The SMILES string of the molecule is CC/C=C\C/C=C\C/C=C\CCCCCC(=O)OC(COC(=O)CCCCCCC/C=C\CCCC)COP(=O)(O)OC. The van der Waals surface area contributed by atoms with E-state index in [0.717, 1.165) is 90.6 Å². The first-order valence-electron chi connectivity index (χ1n) is 16.3. The van der Waals surface area contributed by atoms with Crippen LogP contribution in [0.15, 0.2) is 48.6 Å². The van der Waals surface area contributed by atoms with E-state index >= 15 is 0 Å². The minimum absolute atomic E-state index is 0.206. The van der Waals surface area contributed by atoms with Crippen molar-refractivity contribution >= 4 is 19.8 Å². The van der Waals surface area contributed by atoms with Crippen LogP contribution in [0.3, 0.4) is 0 Å². The molecule has 0 amide bonds. The predicted octanol–water partition coefficient (Wildman–Crippen LogP) is 9.49. The number of hydrogen-bond acceptors (Lipinski definition) is 7. The van der Waals surface area contributed by atoms with E-state index < -0.39 is 32.5 Å². The second-order valence-corrected chi connectivity index (χ2v) is 12.1. The highest BCUT2D eigenvalue weighted by molar-refractivity contribution is 7.47. The van der Waals surface area contributed by atoms with Crippen LogP contribution >= 0.6 is 7.82 Å². The Morgan fingerprint density at radius 2 is 1.19 bits per heavy atom. The van der Waals surface area contributed by atoms with Gasteiger partial charge in [0.2, 0.25) is 0 Å². The molecule has 8 nitrogen and oxygen atoms in total. The maximum absolute atomic E-state index is 12.4. The molecule has 0 aliphatic rings. The minimum atomic E-state index is -4.26. The lowest BCUT2D eigenvalue weighted by Gasteiger charge is -2.19. The molecule has 9 heteroatoms. The molecule has 0 saturated carbocycles. The molecule has 248 valence electrons. The van der Waals surface area contributed by atoms with Gasteiger partial charge in [-0.2, -0.15) is 0 Å². The number of rotatable bonds is 29. The van der Waals surface area contributed by atoms with Gasteiger partial charge in [-0.3, -0.25) is 18.6 Å². The number of hydrogen-bond donors (Lipinski definition) is 1.